The summed E-state index contributed by atoms with van der Waals surface area (Å²) < 4.78 is 13.9. The van der Waals surface area contributed by atoms with Gasteiger partial charge in [0.2, 0.25) is 5.91 Å². The van der Waals surface area contributed by atoms with E-state index < -0.39 is 0 Å². The Kier molecular flexibility index (Phi) is 11.1. The van der Waals surface area contributed by atoms with E-state index >= 15 is 0 Å². The lowest BCUT2D eigenvalue weighted by Gasteiger charge is -2.13. The third-order valence-corrected chi connectivity index (χ3v) is 7.05. The van der Waals surface area contributed by atoms with Gasteiger partial charge < -0.3 is 19.4 Å². The molecule has 0 aliphatic rings. The summed E-state index contributed by atoms with van der Waals surface area (Å²) in [5, 5.41) is 3.70. The van der Waals surface area contributed by atoms with E-state index in [1.807, 2.05) is 54.6 Å². The molecule has 40 heavy (non-hydrogen) atoms. The van der Waals surface area contributed by atoms with Crippen molar-refractivity contribution in [1.29, 1.82) is 0 Å². The normalized spacial score (nSPS) is 10.9. The number of methoxy groups -OCH3 is 1. The maximum absolute atomic E-state index is 12.2. The predicted molar refractivity (Wildman–Crippen MR) is 162 cm³/mol. The number of rotatable bonds is 16. The van der Waals surface area contributed by atoms with Crippen molar-refractivity contribution in [2.75, 3.05) is 20.3 Å². The minimum Gasteiger partial charge on any atom is -0.493 e. The predicted octanol–water partition coefficient (Wildman–Crippen LogP) is 6.97. The standard InChI is InChI=1S/C33H38ClN3O3/c1-3-10-25-16-19-30(31(23-25)39-2)40-22-9-21-37-29-12-7-6-11-28(29)36-32(37)13-5-4-8-20-35-33(38)24-26-14-17-27(34)18-15-26/h3,6-7,11-12,14-19,23H,1,4-5,8-10,13,20-22,24H2,2H3,(H,35,38). The molecule has 1 amide bonds. The molecule has 0 radical (unpaired) electrons. The number of hydrogen-bond donors (Lipinski definition) is 1. The van der Waals surface area contributed by atoms with Crippen LogP contribution < -0.4 is 14.8 Å². The number of fused-ring (bicyclic) bond motifs is 1. The van der Waals surface area contributed by atoms with Crippen LogP contribution in [0.3, 0.4) is 0 Å². The van der Waals surface area contributed by atoms with Crippen LogP contribution >= 0.6 is 11.6 Å². The summed E-state index contributed by atoms with van der Waals surface area (Å²) in [6.07, 6.45) is 7.77. The van der Waals surface area contributed by atoms with E-state index in [4.69, 9.17) is 26.1 Å². The molecule has 1 aromatic heterocycles. The highest BCUT2D eigenvalue weighted by molar-refractivity contribution is 6.30. The minimum absolute atomic E-state index is 0.0386. The molecule has 0 fully saturated rings. The van der Waals surface area contributed by atoms with E-state index in [0.717, 1.165) is 84.6 Å². The monoisotopic (exact) mass is 559 g/mol. The zero-order valence-electron chi connectivity index (χ0n) is 23.2. The van der Waals surface area contributed by atoms with Gasteiger partial charge in [-0.3, -0.25) is 4.79 Å². The Labute approximate surface area is 242 Å². The second-order valence-corrected chi connectivity index (χ2v) is 10.2. The number of imidazole rings is 1. The first-order chi connectivity index (χ1) is 19.6. The van der Waals surface area contributed by atoms with Crippen LogP contribution in [0.4, 0.5) is 0 Å². The topological polar surface area (TPSA) is 65.4 Å². The zero-order valence-corrected chi connectivity index (χ0v) is 24.0. The molecule has 6 nitrogen and oxygen atoms in total. The van der Waals surface area contributed by atoms with Crippen LogP contribution in [0.2, 0.25) is 5.02 Å². The molecule has 210 valence electrons. The highest BCUT2D eigenvalue weighted by Gasteiger charge is 2.11. The van der Waals surface area contributed by atoms with Crippen molar-refractivity contribution in [1.82, 2.24) is 14.9 Å². The molecule has 4 rings (SSSR count). The number of aromatic nitrogens is 2. The van der Waals surface area contributed by atoms with Crippen LogP contribution in [-0.2, 0) is 30.6 Å². The van der Waals surface area contributed by atoms with Crippen LogP contribution in [0.25, 0.3) is 11.0 Å². The van der Waals surface area contributed by atoms with Crippen molar-refractivity contribution in [2.45, 2.75) is 51.5 Å². The Bertz CT molecular complexity index is 1400. The van der Waals surface area contributed by atoms with Crippen molar-refractivity contribution in [3.05, 3.63) is 101 Å². The lowest BCUT2D eigenvalue weighted by molar-refractivity contribution is -0.120. The molecule has 1 N–H and O–H groups in total. The first-order valence-corrected chi connectivity index (χ1v) is 14.3. The smallest absolute Gasteiger partial charge is 0.224 e. The number of benzene rings is 3. The van der Waals surface area contributed by atoms with Gasteiger partial charge in [-0.2, -0.15) is 0 Å². The fraction of sp³-hybridized carbons (Fsp3) is 0.333. The van der Waals surface area contributed by atoms with Crippen molar-refractivity contribution in [2.24, 2.45) is 0 Å². The molecular weight excluding hydrogens is 522 g/mol. The lowest BCUT2D eigenvalue weighted by atomic mass is 10.1. The molecule has 4 aromatic rings. The number of nitrogens with one attached hydrogen (secondary N) is 1. The summed E-state index contributed by atoms with van der Waals surface area (Å²) in [6, 6.07) is 21.7. The maximum atomic E-state index is 12.2. The van der Waals surface area contributed by atoms with Gasteiger partial charge in [-0.05, 0) is 73.2 Å². The Morgan fingerprint density at radius 3 is 2.60 bits per heavy atom. The number of allylic oxidation sites excluding steroid dienone is 1. The number of amides is 1. The average Bonchev–Trinajstić information content (AvgIpc) is 3.32. The maximum Gasteiger partial charge on any atom is 0.224 e. The minimum atomic E-state index is 0.0386. The highest BCUT2D eigenvalue weighted by atomic mass is 35.5. The van der Waals surface area contributed by atoms with Gasteiger partial charge in [-0.15, -0.1) is 6.58 Å². The number of carbonyl (C=O) groups excluding carboxylic acids is 1. The first-order valence-electron chi connectivity index (χ1n) is 13.9. The van der Waals surface area contributed by atoms with Gasteiger partial charge in [0, 0.05) is 24.5 Å². The summed E-state index contributed by atoms with van der Waals surface area (Å²) >= 11 is 5.92. The summed E-state index contributed by atoms with van der Waals surface area (Å²) in [5.74, 6) is 2.64. The number of halogens is 1. The summed E-state index contributed by atoms with van der Waals surface area (Å²) in [7, 11) is 1.67. The van der Waals surface area contributed by atoms with Gasteiger partial charge >= 0.3 is 0 Å². The molecule has 0 atom stereocenters. The first kappa shape index (κ1) is 29.2. The van der Waals surface area contributed by atoms with E-state index in [-0.39, 0.29) is 5.91 Å². The van der Waals surface area contributed by atoms with E-state index in [9.17, 15) is 4.79 Å². The zero-order chi connectivity index (χ0) is 28.2. The Morgan fingerprint density at radius 2 is 1.80 bits per heavy atom. The van der Waals surface area contributed by atoms with Crippen LogP contribution in [0.5, 0.6) is 11.5 Å². The Morgan fingerprint density at radius 1 is 1.00 bits per heavy atom. The Hall–Kier alpha value is -3.77. The number of para-hydroxylation sites is 2. The molecular formula is C33H38ClN3O3. The SMILES string of the molecule is C=CCc1ccc(OCCCn2c(CCCCCNC(=O)Cc3ccc(Cl)cc3)nc3ccccc32)c(OC)c1. The molecule has 0 saturated carbocycles. The van der Waals surface area contributed by atoms with Gasteiger partial charge in [-0.1, -0.05) is 54.4 Å². The molecule has 7 heteroatoms. The average molecular weight is 560 g/mol. The lowest BCUT2D eigenvalue weighted by Crippen LogP contribution is -2.26. The molecule has 0 bridgehead atoms. The van der Waals surface area contributed by atoms with Gasteiger partial charge in [0.25, 0.3) is 0 Å². The highest BCUT2D eigenvalue weighted by Crippen LogP contribution is 2.28. The molecule has 0 spiro atoms. The molecule has 0 aliphatic carbocycles. The van der Waals surface area contributed by atoms with Crippen molar-refractivity contribution >= 4 is 28.5 Å². The number of ether oxygens (including phenoxy) is 2. The van der Waals surface area contributed by atoms with Crippen LogP contribution in [0.1, 0.15) is 42.6 Å². The second-order valence-electron chi connectivity index (χ2n) is 9.81. The van der Waals surface area contributed by atoms with Crippen LogP contribution in [-0.4, -0.2) is 35.7 Å². The van der Waals surface area contributed by atoms with Gasteiger partial charge in [0.15, 0.2) is 11.5 Å². The van der Waals surface area contributed by atoms with Crippen molar-refractivity contribution in [3.8, 4) is 11.5 Å². The van der Waals surface area contributed by atoms with Crippen LogP contribution in [0.15, 0.2) is 79.4 Å². The number of unbranched alkanes of at least 4 members (excludes halogenated alkanes) is 2. The van der Waals surface area contributed by atoms with Crippen molar-refractivity contribution < 1.29 is 14.3 Å². The summed E-state index contributed by atoms with van der Waals surface area (Å²) in [6.45, 7) is 5.89. The third-order valence-electron chi connectivity index (χ3n) is 6.80. The fourth-order valence-electron chi connectivity index (χ4n) is 4.76. The van der Waals surface area contributed by atoms with Crippen molar-refractivity contribution in [3.63, 3.8) is 0 Å². The molecule has 0 saturated heterocycles. The summed E-state index contributed by atoms with van der Waals surface area (Å²) in [5.41, 5.74) is 4.28. The van der Waals surface area contributed by atoms with Gasteiger partial charge in [0.05, 0.1) is 31.2 Å². The molecule has 1 heterocycles. The fourth-order valence-corrected chi connectivity index (χ4v) is 4.88. The van der Waals surface area contributed by atoms with E-state index in [2.05, 4.69) is 34.7 Å². The number of carbonyl (C=O) groups is 1. The van der Waals surface area contributed by atoms with E-state index in [0.29, 0.717) is 24.6 Å². The van der Waals surface area contributed by atoms with Gasteiger partial charge in [0.1, 0.15) is 5.82 Å². The number of nitrogens with zero attached hydrogens (tertiary/aromatic N) is 2. The number of aryl methyl sites for hydroxylation is 2. The number of hydrogen-bond acceptors (Lipinski definition) is 4. The molecule has 3 aromatic carbocycles. The van der Waals surface area contributed by atoms with Gasteiger partial charge in [-0.25, -0.2) is 4.98 Å². The third kappa shape index (κ3) is 8.36. The second kappa shape index (κ2) is 15.1. The molecule has 0 unspecified atom stereocenters. The Balaban J connectivity index is 1.23. The van der Waals surface area contributed by atoms with E-state index in [1.54, 1.807) is 7.11 Å². The molecule has 0 aliphatic heterocycles. The van der Waals surface area contributed by atoms with Crippen LogP contribution in [0, 0.1) is 0 Å². The van der Waals surface area contributed by atoms with E-state index in [1.165, 1.54) is 0 Å². The quantitative estimate of drug-likeness (QED) is 0.119. The largest absolute Gasteiger partial charge is 0.493 e. The summed E-state index contributed by atoms with van der Waals surface area (Å²) in [4.78, 5) is 17.1.